The molecule has 0 saturated heterocycles. The van der Waals surface area contributed by atoms with Crippen LogP contribution in [-0.4, -0.2) is 12.5 Å². The van der Waals surface area contributed by atoms with Gasteiger partial charge in [-0.1, -0.05) is 36.2 Å². The first-order valence-electron chi connectivity index (χ1n) is 6.44. The number of carbonyl (C=O) groups is 1. The normalized spacial score (nSPS) is 17.3. The van der Waals surface area contributed by atoms with Gasteiger partial charge in [0.25, 0.3) is 0 Å². The number of amides is 1. The van der Waals surface area contributed by atoms with Crippen LogP contribution in [0.2, 0.25) is 0 Å². The van der Waals surface area contributed by atoms with Crippen molar-refractivity contribution >= 4 is 5.91 Å². The Morgan fingerprint density at radius 1 is 1.29 bits per heavy atom. The zero-order valence-corrected chi connectivity index (χ0v) is 10.8. The molecular weight excluding hydrogens is 210 g/mol. The minimum atomic E-state index is 0.0726. The Morgan fingerprint density at radius 3 is 2.41 bits per heavy atom. The maximum absolute atomic E-state index is 10.9. The van der Waals surface area contributed by atoms with Gasteiger partial charge in [-0.2, -0.15) is 0 Å². The van der Waals surface area contributed by atoms with E-state index in [1.165, 1.54) is 30.4 Å². The topological polar surface area (TPSA) is 29.1 Å². The Morgan fingerprint density at radius 2 is 1.94 bits per heavy atom. The molecule has 0 heterocycles. The first-order chi connectivity index (χ1) is 8.12. The quantitative estimate of drug-likeness (QED) is 0.848. The Bertz CT molecular complexity index is 390. The predicted molar refractivity (Wildman–Crippen MR) is 70.0 cm³/mol. The van der Waals surface area contributed by atoms with Crippen LogP contribution >= 0.6 is 0 Å². The van der Waals surface area contributed by atoms with E-state index >= 15 is 0 Å². The summed E-state index contributed by atoms with van der Waals surface area (Å²) < 4.78 is 0. The summed E-state index contributed by atoms with van der Waals surface area (Å²) in [5, 5.41) is 2.91. The molecule has 92 valence electrons. The molecule has 1 aromatic carbocycles. The average Bonchev–Trinajstić information content (AvgIpc) is 2.23. The van der Waals surface area contributed by atoms with Gasteiger partial charge in [-0.25, -0.2) is 0 Å². The molecule has 17 heavy (non-hydrogen) atoms. The summed E-state index contributed by atoms with van der Waals surface area (Å²) in [6, 6.07) is 8.88. The van der Waals surface area contributed by atoms with E-state index in [1.807, 2.05) is 0 Å². The number of benzene rings is 1. The van der Waals surface area contributed by atoms with Crippen molar-refractivity contribution in [3.05, 3.63) is 35.4 Å². The van der Waals surface area contributed by atoms with Gasteiger partial charge >= 0.3 is 0 Å². The molecule has 1 amide bonds. The van der Waals surface area contributed by atoms with Gasteiger partial charge < -0.3 is 5.32 Å². The molecule has 1 saturated carbocycles. The monoisotopic (exact) mass is 231 g/mol. The third-order valence-electron chi connectivity index (χ3n) is 3.95. The van der Waals surface area contributed by atoms with Gasteiger partial charge in [-0.15, -0.1) is 0 Å². The zero-order valence-electron chi connectivity index (χ0n) is 10.8. The van der Waals surface area contributed by atoms with E-state index < -0.39 is 0 Å². The molecule has 1 N–H and O–H groups in total. The van der Waals surface area contributed by atoms with Crippen molar-refractivity contribution in [1.29, 1.82) is 0 Å². The van der Waals surface area contributed by atoms with Crippen LogP contribution in [0.15, 0.2) is 24.3 Å². The molecule has 0 bridgehead atoms. The largest absolute Gasteiger partial charge is 0.356 e. The smallest absolute Gasteiger partial charge is 0.216 e. The SMILES string of the molecule is CC(=O)NCCC1(c2ccc(C)cc2)CCC1. The molecule has 0 unspecified atom stereocenters. The standard InChI is InChI=1S/C15H21NO/c1-12-4-6-14(7-5-12)15(8-3-9-15)10-11-16-13(2)17/h4-7H,3,8-11H2,1-2H3,(H,16,17). The molecule has 0 radical (unpaired) electrons. The molecule has 1 aromatic rings. The molecule has 0 aromatic heterocycles. The molecule has 1 aliphatic carbocycles. The van der Waals surface area contributed by atoms with Crippen LogP contribution in [-0.2, 0) is 10.2 Å². The van der Waals surface area contributed by atoms with Crippen molar-refractivity contribution in [1.82, 2.24) is 5.32 Å². The summed E-state index contributed by atoms with van der Waals surface area (Å²) in [6.45, 7) is 4.50. The van der Waals surface area contributed by atoms with Crippen LogP contribution < -0.4 is 5.32 Å². The molecular formula is C15H21NO. The number of aryl methyl sites for hydroxylation is 1. The fourth-order valence-electron chi connectivity index (χ4n) is 2.67. The lowest BCUT2D eigenvalue weighted by atomic mass is 9.62. The third kappa shape index (κ3) is 2.68. The fourth-order valence-corrected chi connectivity index (χ4v) is 2.67. The van der Waals surface area contributed by atoms with Gasteiger partial charge in [0, 0.05) is 13.5 Å². The second-order valence-corrected chi connectivity index (χ2v) is 5.23. The fraction of sp³-hybridized carbons (Fsp3) is 0.533. The average molecular weight is 231 g/mol. The minimum Gasteiger partial charge on any atom is -0.356 e. The van der Waals surface area contributed by atoms with Crippen LogP contribution in [0, 0.1) is 6.92 Å². The summed E-state index contributed by atoms with van der Waals surface area (Å²) in [4.78, 5) is 10.9. The first-order valence-corrected chi connectivity index (χ1v) is 6.44. The first kappa shape index (κ1) is 12.2. The van der Waals surface area contributed by atoms with Crippen LogP contribution in [0.5, 0.6) is 0 Å². The molecule has 2 rings (SSSR count). The molecule has 1 fully saturated rings. The highest BCUT2D eigenvalue weighted by Crippen LogP contribution is 2.46. The van der Waals surface area contributed by atoms with Crippen LogP contribution in [0.1, 0.15) is 43.7 Å². The second-order valence-electron chi connectivity index (χ2n) is 5.23. The van der Waals surface area contributed by atoms with Gasteiger partial charge in [-0.3, -0.25) is 4.79 Å². The van der Waals surface area contributed by atoms with Crippen molar-refractivity contribution in [3.8, 4) is 0 Å². The lowest BCUT2D eigenvalue weighted by Gasteiger charge is -2.43. The van der Waals surface area contributed by atoms with Crippen molar-refractivity contribution in [2.45, 2.75) is 44.9 Å². The van der Waals surface area contributed by atoms with Crippen molar-refractivity contribution in [2.75, 3.05) is 6.54 Å². The lowest BCUT2D eigenvalue weighted by Crippen LogP contribution is -2.38. The molecule has 0 aliphatic heterocycles. The number of hydrogen-bond acceptors (Lipinski definition) is 1. The van der Waals surface area contributed by atoms with Gasteiger partial charge in [0.15, 0.2) is 0 Å². The maximum atomic E-state index is 10.9. The Hall–Kier alpha value is -1.31. The second kappa shape index (κ2) is 4.91. The molecule has 2 heteroatoms. The van der Waals surface area contributed by atoms with Gasteiger partial charge in [0.2, 0.25) is 5.91 Å². The van der Waals surface area contributed by atoms with Gasteiger partial charge in [0.1, 0.15) is 0 Å². The van der Waals surface area contributed by atoms with E-state index in [1.54, 1.807) is 6.92 Å². The third-order valence-corrected chi connectivity index (χ3v) is 3.95. The highest BCUT2D eigenvalue weighted by molar-refractivity contribution is 5.72. The van der Waals surface area contributed by atoms with Crippen molar-refractivity contribution < 1.29 is 4.79 Å². The summed E-state index contributed by atoms with van der Waals surface area (Å²) in [7, 11) is 0. The number of carbonyl (C=O) groups excluding carboxylic acids is 1. The molecule has 0 atom stereocenters. The van der Waals surface area contributed by atoms with Crippen molar-refractivity contribution in [2.24, 2.45) is 0 Å². The van der Waals surface area contributed by atoms with Crippen molar-refractivity contribution in [3.63, 3.8) is 0 Å². The van der Waals surface area contributed by atoms with E-state index in [0.717, 1.165) is 13.0 Å². The summed E-state index contributed by atoms with van der Waals surface area (Å²) in [6.07, 6.45) is 4.90. The summed E-state index contributed by atoms with van der Waals surface area (Å²) in [5.41, 5.74) is 3.08. The van der Waals surface area contributed by atoms with E-state index in [-0.39, 0.29) is 5.91 Å². The maximum Gasteiger partial charge on any atom is 0.216 e. The van der Waals surface area contributed by atoms with E-state index in [4.69, 9.17) is 0 Å². The van der Waals surface area contributed by atoms with Gasteiger partial charge in [0.05, 0.1) is 0 Å². The number of rotatable bonds is 4. The molecule has 2 nitrogen and oxygen atoms in total. The lowest BCUT2D eigenvalue weighted by molar-refractivity contribution is -0.119. The van der Waals surface area contributed by atoms with E-state index in [2.05, 4.69) is 36.5 Å². The Labute approximate surface area is 103 Å². The summed E-state index contributed by atoms with van der Waals surface area (Å²) in [5.74, 6) is 0.0726. The van der Waals surface area contributed by atoms with Crippen LogP contribution in [0.25, 0.3) is 0 Å². The highest BCUT2D eigenvalue weighted by atomic mass is 16.1. The highest BCUT2D eigenvalue weighted by Gasteiger charge is 2.37. The van der Waals surface area contributed by atoms with Crippen LogP contribution in [0.3, 0.4) is 0 Å². The zero-order chi connectivity index (χ0) is 12.3. The Balaban J connectivity index is 2.03. The van der Waals surface area contributed by atoms with E-state index in [9.17, 15) is 4.79 Å². The number of hydrogen-bond donors (Lipinski definition) is 1. The van der Waals surface area contributed by atoms with Gasteiger partial charge in [-0.05, 0) is 37.2 Å². The molecule has 1 aliphatic rings. The Kier molecular flexibility index (Phi) is 3.51. The van der Waals surface area contributed by atoms with E-state index in [0.29, 0.717) is 5.41 Å². The summed E-state index contributed by atoms with van der Waals surface area (Å²) >= 11 is 0. The molecule has 0 spiro atoms. The predicted octanol–water partition coefficient (Wildman–Crippen LogP) is 2.94. The number of nitrogens with one attached hydrogen (secondary N) is 1. The van der Waals surface area contributed by atoms with Crippen LogP contribution in [0.4, 0.5) is 0 Å². The minimum absolute atomic E-state index is 0.0726.